The highest BCUT2D eigenvalue weighted by Gasteiger charge is 2.30. The first-order valence-corrected chi connectivity index (χ1v) is 12.6. The van der Waals surface area contributed by atoms with Gasteiger partial charge in [-0.3, -0.25) is 18.2 Å². The molecule has 0 aromatic heterocycles. The second-order valence-electron chi connectivity index (χ2n) is 5.47. The van der Waals surface area contributed by atoms with Crippen LogP contribution >= 0.6 is 0 Å². The molecule has 0 radical (unpaired) electrons. The van der Waals surface area contributed by atoms with Gasteiger partial charge in [0.15, 0.2) is 11.6 Å². The highest BCUT2D eigenvalue weighted by atomic mass is 32.2. The van der Waals surface area contributed by atoms with Crippen molar-refractivity contribution in [1.82, 2.24) is 0 Å². The summed E-state index contributed by atoms with van der Waals surface area (Å²) in [5.41, 5.74) is -1.77. The predicted octanol–water partition coefficient (Wildman–Crippen LogP) is 0.619. The van der Waals surface area contributed by atoms with Crippen LogP contribution in [0.4, 0.5) is 8.78 Å². The lowest BCUT2D eigenvalue weighted by Crippen LogP contribution is -2.11. The molecule has 18 heteroatoms. The quantitative estimate of drug-likeness (QED) is 0.407. The van der Waals surface area contributed by atoms with Crippen molar-refractivity contribution in [3.63, 3.8) is 0 Å². The summed E-state index contributed by atoms with van der Waals surface area (Å²) in [5.74, 6) is -4.29. The molecule has 4 N–H and O–H groups in total. The average Bonchev–Trinajstić information content (AvgIpc) is 2.50. The van der Waals surface area contributed by atoms with E-state index in [2.05, 4.69) is 0 Å². The van der Waals surface area contributed by atoms with Crippen molar-refractivity contribution in [2.24, 2.45) is 0 Å². The fourth-order valence-electron chi connectivity index (χ4n) is 2.23. The van der Waals surface area contributed by atoms with E-state index in [1.807, 2.05) is 0 Å². The summed E-state index contributed by atoms with van der Waals surface area (Å²) in [5, 5.41) is 0. The van der Waals surface area contributed by atoms with Crippen LogP contribution in [0.3, 0.4) is 0 Å². The minimum Gasteiger partial charge on any atom is -0.282 e. The van der Waals surface area contributed by atoms with Crippen molar-refractivity contribution in [2.45, 2.75) is 19.6 Å². The topological polar surface area (TPSA) is 217 Å². The summed E-state index contributed by atoms with van der Waals surface area (Å²) in [6, 6.07) is 0.754. The van der Waals surface area contributed by atoms with Crippen LogP contribution in [-0.4, -0.2) is 51.9 Å². The van der Waals surface area contributed by atoms with Crippen molar-refractivity contribution in [3.05, 3.63) is 35.9 Å². The number of hydrogen-bond donors (Lipinski definition) is 4. The van der Waals surface area contributed by atoms with Gasteiger partial charge in [-0.25, -0.2) is 8.78 Å². The van der Waals surface area contributed by atoms with Gasteiger partial charge in [0.1, 0.15) is 19.6 Å². The van der Waals surface area contributed by atoms with Gasteiger partial charge in [0, 0.05) is 0 Å². The van der Waals surface area contributed by atoms with Gasteiger partial charge in [-0.05, 0) is 35.4 Å². The minimum absolute atomic E-state index is 0.189. The van der Waals surface area contributed by atoms with Crippen LogP contribution < -0.4 is 0 Å². The van der Waals surface area contributed by atoms with E-state index < -0.39 is 82.8 Å². The van der Waals surface area contributed by atoms with Crippen molar-refractivity contribution in [1.29, 1.82) is 0 Å². The smallest absolute Gasteiger partial charge is 0.282 e. The van der Waals surface area contributed by atoms with Crippen LogP contribution in [0.25, 0.3) is 11.1 Å². The Morgan fingerprint density at radius 1 is 0.467 bits per heavy atom. The molecule has 0 saturated carbocycles. The van der Waals surface area contributed by atoms with Crippen LogP contribution in [0.15, 0.2) is 43.8 Å². The summed E-state index contributed by atoms with van der Waals surface area (Å²) < 4.78 is 155. The van der Waals surface area contributed by atoms with Crippen molar-refractivity contribution < 1.29 is 60.7 Å². The Balaban J connectivity index is 3.12. The molecule has 0 amide bonds. The third-order valence-electron chi connectivity index (χ3n) is 3.46. The van der Waals surface area contributed by atoms with Gasteiger partial charge in [-0.2, -0.15) is 33.7 Å². The molecule has 0 aliphatic rings. The zero-order valence-corrected chi connectivity index (χ0v) is 17.0. The van der Waals surface area contributed by atoms with Crippen LogP contribution in [0.1, 0.15) is 0 Å². The minimum atomic E-state index is -5.49. The summed E-state index contributed by atoms with van der Waals surface area (Å²) >= 11 is 0. The third kappa shape index (κ3) is 4.81. The maximum atomic E-state index is 14.2. The number of halogens is 2. The van der Waals surface area contributed by atoms with E-state index in [4.69, 9.17) is 18.2 Å². The van der Waals surface area contributed by atoms with Gasteiger partial charge in [0.25, 0.3) is 40.5 Å². The van der Waals surface area contributed by atoms with Gasteiger partial charge in [0.2, 0.25) is 0 Å². The monoisotopic (exact) mass is 510 g/mol. The first-order chi connectivity index (χ1) is 13.2. The fraction of sp³-hybridized carbons (Fsp3) is 0. The lowest BCUT2D eigenvalue weighted by molar-refractivity contribution is 0.454. The van der Waals surface area contributed by atoms with Gasteiger partial charge in [-0.1, -0.05) is 0 Å². The maximum absolute atomic E-state index is 14.2. The molecule has 0 saturated heterocycles. The average molecular weight is 510 g/mol. The summed E-state index contributed by atoms with van der Waals surface area (Å²) in [6.07, 6.45) is 0. The van der Waals surface area contributed by atoms with Gasteiger partial charge in [0.05, 0.1) is 0 Å². The molecule has 0 aliphatic heterocycles. The standard InChI is InChI=1S/C12H8F2O12S4/c13-11-7(27(15,16)17)1-5(2-8(11)28(18,19)20)6-3-9(29(21,22)23)12(14)10(4-6)30(24,25)26/h1-4H,(H,15,16,17)(H,18,19,20)(H,21,22,23)(H,24,25,26). The summed E-state index contributed by atoms with van der Waals surface area (Å²) in [6.45, 7) is 0. The zero-order chi connectivity index (χ0) is 23.4. The molecule has 0 fully saturated rings. The molecule has 0 spiro atoms. The normalized spacial score (nSPS) is 13.4. The summed E-state index contributed by atoms with van der Waals surface area (Å²) in [7, 11) is -22.0. The highest BCUT2D eigenvalue weighted by molar-refractivity contribution is 7.87. The Labute approximate surface area is 167 Å². The molecule has 30 heavy (non-hydrogen) atoms. The van der Waals surface area contributed by atoms with E-state index in [1.165, 1.54) is 0 Å². The van der Waals surface area contributed by atoms with Crippen molar-refractivity contribution >= 4 is 40.5 Å². The van der Waals surface area contributed by atoms with Crippen molar-refractivity contribution in [3.8, 4) is 11.1 Å². The highest BCUT2D eigenvalue weighted by Crippen LogP contribution is 2.34. The fourth-order valence-corrected chi connectivity index (χ4v) is 4.81. The zero-order valence-electron chi connectivity index (χ0n) is 13.8. The molecular weight excluding hydrogens is 502 g/mol. The molecule has 2 rings (SSSR count). The van der Waals surface area contributed by atoms with Gasteiger partial charge < -0.3 is 0 Å². The van der Waals surface area contributed by atoms with E-state index in [9.17, 15) is 42.5 Å². The first kappa shape index (κ1) is 24.2. The Bertz CT molecular complexity index is 1270. The predicted molar refractivity (Wildman–Crippen MR) is 91.1 cm³/mol. The van der Waals surface area contributed by atoms with Crippen LogP contribution in [-0.2, 0) is 40.5 Å². The lowest BCUT2D eigenvalue weighted by Gasteiger charge is -2.12. The van der Waals surface area contributed by atoms with E-state index in [0.717, 1.165) is 0 Å². The molecule has 166 valence electrons. The molecule has 0 unspecified atom stereocenters. The maximum Gasteiger partial charge on any atom is 0.297 e. The van der Waals surface area contributed by atoms with Gasteiger partial charge >= 0.3 is 0 Å². The molecule has 0 aliphatic carbocycles. The van der Waals surface area contributed by atoms with E-state index >= 15 is 0 Å². The Morgan fingerprint density at radius 3 is 0.767 bits per heavy atom. The van der Waals surface area contributed by atoms with Crippen LogP contribution in [0.2, 0.25) is 0 Å². The van der Waals surface area contributed by atoms with E-state index in [-0.39, 0.29) is 24.3 Å². The molecule has 0 atom stereocenters. The Hall–Kier alpha value is -2.06. The largest absolute Gasteiger partial charge is 0.297 e. The Kier molecular flexibility index (Phi) is 5.87. The second-order valence-corrected chi connectivity index (χ2v) is 11.0. The first-order valence-electron chi connectivity index (χ1n) is 6.82. The van der Waals surface area contributed by atoms with Crippen molar-refractivity contribution in [2.75, 3.05) is 0 Å². The number of hydrogen-bond acceptors (Lipinski definition) is 8. The number of benzene rings is 2. The molecule has 0 heterocycles. The van der Waals surface area contributed by atoms with E-state index in [1.54, 1.807) is 0 Å². The SMILES string of the molecule is O=S(=O)(O)c1cc(-c2cc(S(=O)(=O)O)c(F)c(S(=O)(=O)O)c2)cc(S(=O)(=O)O)c1F. The van der Waals surface area contributed by atoms with Gasteiger partial charge in [-0.15, -0.1) is 0 Å². The number of rotatable bonds is 5. The molecule has 2 aromatic rings. The summed E-state index contributed by atoms with van der Waals surface area (Å²) in [4.78, 5) is -6.95. The molecule has 12 nitrogen and oxygen atoms in total. The van der Waals surface area contributed by atoms with Crippen LogP contribution in [0.5, 0.6) is 0 Å². The lowest BCUT2D eigenvalue weighted by atomic mass is 10.1. The van der Waals surface area contributed by atoms with E-state index in [0.29, 0.717) is 0 Å². The molecule has 0 bridgehead atoms. The van der Waals surface area contributed by atoms with Crippen LogP contribution in [0, 0.1) is 11.6 Å². The second kappa shape index (κ2) is 7.27. The Morgan fingerprint density at radius 2 is 0.633 bits per heavy atom. The third-order valence-corrected chi connectivity index (χ3v) is 6.87. The molecular formula is C12H8F2O12S4. The molecule has 2 aromatic carbocycles.